The van der Waals surface area contributed by atoms with E-state index in [1.165, 1.54) is 17.4 Å². The van der Waals surface area contributed by atoms with Crippen LogP contribution in [0.3, 0.4) is 0 Å². The molecule has 18 heavy (non-hydrogen) atoms. The van der Waals surface area contributed by atoms with E-state index >= 15 is 0 Å². The number of rotatable bonds is 2. The normalized spacial score (nSPS) is 20.4. The Morgan fingerprint density at radius 2 is 2.39 bits per heavy atom. The van der Waals surface area contributed by atoms with Gasteiger partial charge in [0.2, 0.25) is 0 Å². The predicted octanol–water partition coefficient (Wildman–Crippen LogP) is 0.873. The van der Waals surface area contributed by atoms with Gasteiger partial charge in [0, 0.05) is 23.5 Å². The molecule has 1 aliphatic rings. The Kier molecular flexibility index (Phi) is 2.91. The lowest BCUT2D eigenvalue weighted by molar-refractivity contribution is 0.373. The molecular weight excluding hydrogens is 228 g/mol. The number of nitrogens with one attached hydrogen (secondary N) is 2. The van der Waals surface area contributed by atoms with Crippen LogP contribution in [0.5, 0.6) is 0 Å². The minimum atomic E-state index is -0.0214. The van der Waals surface area contributed by atoms with Gasteiger partial charge in [-0.2, -0.15) is 0 Å². The SMILES string of the molecule is Cc1cc2nc(CC3CCCNC3)cc(=O)n2[nH]1. The first-order valence-corrected chi connectivity index (χ1v) is 6.51. The highest BCUT2D eigenvalue weighted by atomic mass is 16.1. The lowest BCUT2D eigenvalue weighted by Crippen LogP contribution is -2.31. The molecule has 1 fully saturated rings. The minimum Gasteiger partial charge on any atom is -0.316 e. The largest absolute Gasteiger partial charge is 0.316 e. The summed E-state index contributed by atoms with van der Waals surface area (Å²) in [5, 5.41) is 6.38. The first-order valence-electron chi connectivity index (χ1n) is 6.51. The molecule has 0 spiro atoms. The summed E-state index contributed by atoms with van der Waals surface area (Å²) < 4.78 is 1.50. The summed E-state index contributed by atoms with van der Waals surface area (Å²) in [6, 6.07) is 3.56. The van der Waals surface area contributed by atoms with Crippen LogP contribution in [-0.4, -0.2) is 27.7 Å². The number of aryl methyl sites for hydroxylation is 1. The molecule has 1 atom stereocenters. The highest BCUT2D eigenvalue weighted by Gasteiger charge is 2.15. The molecule has 1 saturated heterocycles. The fraction of sp³-hybridized carbons (Fsp3) is 0.538. The molecule has 0 saturated carbocycles. The fourth-order valence-corrected chi connectivity index (χ4v) is 2.66. The summed E-state index contributed by atoms with van der Waals surface area (Å²) in [5.74, 6) is 0.605. The first-order chi connectivity index (χ1) is 8.72. The molecule has 1 aliphatic heterocycles. The molecule has 3 rings (SSSR count). The molecule has 3 heterocycles. The number of hydrogen-bond donors (Lipinski definition) is 2. The quantitative estimate of drug-likeness (QED) is 0.826. The zero-order valence-electron chi connectivity index (χ0n) is 10.6. The standard InChI is InChI=1S/C13H18N4O/c1-9-5-12-15-11(7-13(18)17(12)16-9)6-10-3-2-4-14-8-10/h5,7,10,14,16H,2-4,6,8H2,1H3. The Bertz CT molecular complexity index is 607. The summed E-state index contributed by atoms with van der Waals surface area (Å²) >= 11 is 0. The summed E-state index contributed by atoms with van der Waals surface area (Å²) in [4.78, 5) is 16.5. The van der Waals surface area contributed by atoms with E-state index in [2.05, 4.69) is 15.4 Å². The van der Waals surface area contributed by atoms with E-state index in [9.17, 15) is 4.79 Å². The maximum Gasteiger partial charge on any atom is 0.272 e. The van der Waals surface area contributed by atoms with Crippen LogP contribution < -0.4 is 10.9 Å². The Morgan fingerprint density at radius 1 is 1.50 bits per heavy atom. The van der Waals surface area contributed by atoms with Gasteiger partial charge in [0.1, 0.15) is 0 Å². The van der Waals surface area contributed by atoms with Crippen molar-refractivity contribution in [2.75, 3.05) is 13.1 Å². The molecule has 0 amide bonds. The van der Waals surface area contributed by atoms with Gasteiger partial charge in [-0.3, -0.25) is 9.89 Å². The third-order valence-electron chi connectivity index (χ3n) is 3.53. The first kappa shape index (κ1) is 11.5. The zero-order chi connectivity index (χ0) is 12.5. The van der Waals surface area contributed by atoms with Crippen LogP contribution in [0.4, 0.5) is 0 Å². The molecule has 1 unspecified atom stereocenters. The van der Waals surface area contributed by atoms with Gasteiger partial charge in [0.15, 0.2) is 5.65 Å². The number of fused-ring (bicyclic) bond motifs is 1. The summed E-state index contributed by atoms with van der Waals surface area (Å²) in [5.41, 5.74) is 2.56. The molecule has 2 N–H and O–H groups in total. The second kappa shape index (κ2) is 4.57. The van der Waals surface area contributed by atoms with Gasteiger partial charge in [-0.1, -0.05) is 0 Å². The Balaban J connectivity index is 1.89. The zero-order valence-corrected chi connectivity index (χ0v) is 10.6. The monoisotopic (exact) mass is 246 g/mol. The van der Waals surface area contributed by atoms with E-state index < -0.39 is 0 Å². The van der Waals surface area contributed by atoms with Gasteiger partial charge in [-0.25, -0.2) is 9.50 Å². The van der Waals surface area contributed by atoms with Crippen molar-refractivity contribution in [2.24, 2.45) is 5.92 Å². The Hall–Kier alpha value is -1.62. The van der Waals surface area contributed by atoms with E-state index in [1.807, 2.05) is 13.0 Å². The van der Waals surface area contributed by atoms with Gasteiger partial charge in [-0.15, -0.1) is 0 Å². The van der Waals surface area contributed by atoms with Crippen molar-refractivity contribution in [1.82, 2.24) is 19.9 Å². The number of H-pyrrole nitrogens is 1. The molecular formula is C13H18N4O. The van der Waals surface area contributed by atoms with E-state index in [0.717, 1.165) is 36.5 Å². The van der Waals surface area contributed by atoms with Gasteiger partial charge < -0.3 is 5.32 Å². The van der Waals surface area contributed by atoms with Gasteiger partial charge in [0.25, 0.3) is 5.56 Å². The molecule has 0 aromatic carbocycles. The topological polar surface area (TPSA) is 62.2 Å². The molecule has 0 bridgehead atoms. The molecule has 0 radical (unpaired) electrons. The molecule has 96 valence electrons. The number of piperidine rings is 1. The number of nitrogens with zero attached hydrogens (tertiary/aromatic N) is 2. The average molecular weight is 246 g/mol. The molecule has 2 aromatic heterocycles. The Labute approximate surface area is 105 Å². The van der Waals surface area contributed by atoms with Crippen molar-refractivity contribution in [1.29, 1.82) is 0 Å². The predicted molar refractivity (Wildman–Crippen MR) is 69.8 cm³/mol. The van der Waals surface area contributed by atoms with Crippen molar-refractivity contribution in [3.8, 4) is 0 Å². The smallest absolute Gasteiger partial charge is 0.272 e. The summed E-state index contributed by atoms with van der Waals surface area (Å²) in [6.07, 6.45) is 3.33. The number of aromatic amines is 1. The molecule has 5 nitrogen and oxygen atoms in total. The van der Waals surface area contributed by atoms with Crippen LogP contribution in [0.15, 0.2) is 16.9 Å². The molecule has 0 aliphatic carbocycles. The van der Waals surface area contributed by atoms with Gasteiger partial charge >= 0.3 is 0 Å². The van der Waals surface area contributed by atoms with E-state index in [-0.39, 0.29) is 5.56 Å². The second-order valence-electron chi connectivity index (χ2n) is 5.13. The van der Waals surface area contributed by atoms with Crippen molar-refractivity contribution in [3.05, 3.63) is 33.9 Å². The fourth-order valence-electron chi connectivity index (χ4n) is 2.66. The summed E-state index contributed by atoms with van der Waals surface area (Å²) in [6.45, 7) is 4.08. The van der Waals surface area contributed by atoms with Crippen molar-refractivity contribution >= 4 is 5.65 Å². The summed E-state index contributed by atoms with van der Waals surface area (Å²) in [7, 11) is 0. The van der Waals surface area contributed by atoms with Crippen LogP contribution in [-0.2, 0) is 6.42 Å². The minimum absolute atomic E-state index is 0.0214. The number of aromatic nitrogens is 3. The van der Waals surface area contributed by atoms with Gasteiger partial charge in [0.05, 0.1) is 0 Å². The van der Waals surface area contributed by atoms with Crippen LogP contribution in [0, 0.1) is 12.8 Å². The van der Waals surface area contributed by atoms with Gasteiger partial charge in [-0.05, 0) is 45.2 Å². The third-order valence-corrected chi connectivity index (χ3v) is 3.53. The van der Waals surface area contributed by atoms with Crippen LogP contribution in [0.1, 0.15) is 24.2 Å². The number of hydrogen-bond acceptors (Lipinski definition) is 3. The van der Waals surface area contributed by atoms with E-state index in [4.69, 9.17) is 0 Å². The van der Waals surface area contributed by atoms with Crippen LogP contribution >= 0.6 is 0 Å². The lowest BCUT2D eigenvalue weighted by atomic mass is 9.95. The van der Waals surface area contributed by atoms with Crippen LogP contribution in [0.2, 0.25) is 0 Å². The second-order valence-corrected chi connectivity index (χ2v) is 5.13. The maximum absolute atomic E-state index is 11.9. The maximum atomic E-state index is 11.9. The van der Waals surface area contributed by atoms with Crippen molar-refractivity contribution in [2.45, 2.75) is 26.2 Å². The Morgan fingerprint density at radius 3 is 3.17 bits per heavy atom. The average Bonchev–Trinajstić information content (AvgIpc) is 2.72. The van der Waals surface area contributed by atoms with Crippen molar-refractivity contribution in [3.63, 3.8) is 0 Å². The van der Waals surface area contributed by atoms with Crippen molar-refractivity contribution < 1.29 is 0 Å². The van der Waals surface area contributed by atoms with E-state index in [1.54, 1.807) is 6.07 Å². The van der Waals surface area contributed by atoms with E-state index in [0.29, 0.717) is 5.92 Å². The lowest BCUT2D eigenvalue weighted by Gasteiger charge is -2.22. The van der Waals surface area contributed by atoms with Crippen LogP contribution in [0.25, 0.3) is 5.65 Å². The molecule has 5 heteroatoms. The third kappa shape index (κ3) is 2.18. The molecule has 2 aromatic rings. The highest BCUT2D eigenvalue weighted by molar-refractivity contribution is 5.39. The highest BCUT2D eigenvalue weighted by Crippen LogP contribution is 2.15.